The van der Waals surface area contributed by atoms with E-state index in [4.69, 9.17) is 4.74 Å². The van der Waals surface area contributed by atoms with Crippen LogP contribution >= 0.6 is 0 Å². The summed E-state index contributed by atoms with van der Waals surface area (Å²) in [7, 11) is 0. The van der Waals surface area contributed by atoms with Gasteiger partial charge in [0.25, 0.3) is 5.69 Å². The van der Waals surface area contributed by atoms with Gasteiger partial charge in [0.05, 0.1) is 22.3 Å². The molecule has 2 aromatic carbocycles. The van der Waals surface area contributed by atoms with Gasteiger partial charge in [-0.25, -0.2) is 0 Å². The first kappa shape index (κ1) is 21.7. The SMILES string of the molecule is CCC/C(=C1\C2=CC=CNC2=COc2cc3c(cnn3C(C)C)cc21)c1cccc([N+](=O)[O-])c1. The van der Waals surface area contributed by atoms with Crippen LogP contribution in [-0.4, -0.2) is 14.7 Å². The molecule has 2 aliphatic rings. The third kappa shape index (κ3) is 3.69. The van der Waals surface area contributed by atoms with Crippen LogP contribution in [0, 0.1) is 10.1 Å². The Morgan fingerprint density at radius 2 is 2.12 bits per heavy atom. The molecule has 5 rings (SSSR count). The highest BCUT2D eigenvalue weighted by molar-refractivity contribution is 6.04. The van der Waals surface area contributed by atoms with Crippen molar-refractivity contribution < 1.29 is 9.66 Å². The maximum atomic E-state index is 11.5. The van der Waals surface area contributed by atoms with Crippen LogP contribution in [-0.2, 0) is 0 Å². The molecule has 0 unspecified atom stereocenters. The molecule has 0 aliphatic carbocycles. The molecule has 0 fully saturated rings. The third-order valence-corrected chi connectivity index (χ3v) is 6.12. The quantitative estimate of drug-likeness (QED) is 0.351. The fraction of sp³-hybridized carbons (Fsp3) is 0.222. The summed E-state index contributed by atoms with van der Waals surface area (Å²) < 4.78 is 8.19. The Kier molecular flexibility index (Phi) is 5.53. The minimum absolute atomic E-state index is 0.0804. The molecule has 0 saturated carbocycles. The highest BCUT2D eigenvalue weighted by atomic mass is 16.6. The van der Waals surface area contributed by atoms with Crippen molar-refractivity contribution in [1.82, 2.24) is 15.1 Å². The van der Waals surface area contributed by atoms with Crippen molar-refractivity contribution in [3.63, 3.8) is 0 Å². The van der Waals surface area contributed by atoms with E-state index in [1.54, 1.807) is 18.4 Å². The zero-order chi connectivity index (χ0) is 23.8. The van der Waals surface area contributed by atoms with Crippen LogP contribution in [0.15, 0.2) is 78.5 Å². The van der Waals surface area contributed by atoms with Gasteiger partial charge in [0.2, 0.25) is 0 Å². The first-order valence-corrected chi connectivity index (χ1v) is 11.5. The third-order valence-electron chi connectivity index (χ3n) is 6.12. The van der Waals surface area contributed by atoms with Gasteiger partial charge in [-0.05, 0) is 49.1 Å². The zero-order valence-corrected chi connectivity index (χ0v) is 19.4. The van der Waals surface area contributed by atoms with E-state index in [9.17, 15) is 10.1 Å². The molecule has 0 amide bonds. The molecule has 172 valence electrons. The number of nitro groups is 1. The van der Waals surface area contributed by atoms with E-state index in [0.29, 0.717) is 0 Å². The van der Waals surface area contributed by atoms with E-state index in [-0.39, 0.29) is 16.7 Å². The van der Waals surface area contributed by atoms with Crippen molar-refractivity contribution in [2.45, 2.75) is 39.7 Å². The van der Waals surface area contributed by atoms with Gasteiger partial charge >= 0.3 is 0 Å². The smallest absolute Gasteiger partial charge is 0.270 e. The molecule has 34 heavy (non-hydrogen) atoms. The average Bonchev–Trinajstić information content (AvgIpc) is 3.18. The second-order valence-corrected chi connectivity index (χ2v) is 8.73. The minimum Gasteiger partial charge on any atom is -0.462 e. The summed E-state index contributed by atoms with van der Waals surface area (Å²) in [6.45, 7) is 6.32. The number of hydrogen-bond acceptors (Lipinski definition) is 5. The highest BCUT2D eigenvalue weighted by Crippen LogP contribution is 2.45. The predicted molar refractivity (Wildman–Crippen MR) is 134 cm³/mol. The number of allylic oxidation sites excluding steroid dienone is 4. The number of hydrogen-bond donors (Lipinski definition) is 1. The van der Waals surface area contributed by atoms with Crippen molar-refractivity contribution >= 4 is 27.7 Å². The van der Waals surface area contributed by atoms with Crippen LogP contribution in [0.4, 0.5) is 5.69 Å². The topological polar surface area (TPSA) is 82.2 Å². The van der Waals surface area contributed by atoms with Crippen LogP contribution in [0.5, 0.6) is 5.75 Å². The molecule has 2 aliphatic heterocycles. The van der Waals surface area contributed by atoms with E-state index in [0.717, 1.165) is 63.0 Å². The maximum Gasteiger partial charge on any atom is 0.270 e. The van der Waals surface area contributed by atoms with Gasteiger partial charge < -0.3 is 10.1 Å². The summed E-state index contributed by atoms with van der Waals surface area (Å²) >= 11 is 0. The predicted octanol–water partition coefficient (Wildman–Crippen LogP) is 6.51. The maximum absolute atomic E-state index is 11.5. The summed E-state index contributed by atoms with van der Waals surface area (Å²) in [5.74, 6) is 0.730. The number of nitrogens with zero attached hydrogens (tertiary/aromatic N) is 3. The largest absolute Gasteiger partial charge is 0.462 e. The van der Waals surface area contributed by atoms with Gasteiger partial charge in [0.15, 0.2) is 0 Å². The van der Waals surface area contributed by atoms with Gasteiger partial charge in [0.1, 0.15) is 12.0 Å². The highest BCUT2D eigenvalue weighted by Gasteiger charge is 2.27. The normalized spacial score (nSPS) is 16.1. The molecule has 0 bridgehead atoms. The van der Waals surface area contributed by atoms with Gasteiger partial charge in [-0.1, -0.05) is 31.6 Å². The molecule has 1 aromatic heterocycles. The Balaban J connectivity index is 1.84. The van der Waals surface area contributed by atoms with E-state index >= 15 is 0 Å². The number of non-ortho nitro benzene ring substituents is 1. The van der Waals surface area contributed by atoms with Gasteiger partial charge in [-0.15, -0.1) is 0 Å². The zero-order valence-electron chi connectivity index (χ0n) is 19.4. The Bertz CT molecular complexity index is 1420. The van der Waals surface area contributed by atoms with E-state index < -0.39 is 0 Å². The monoisotopic (exact) mass is 454 g/mol. The molecule has 0 atom stereocenters. The number of nitrogens with one attached hydrogen (secondary N) is 1. The molecule has 7 nitrogen and oxygen atoms in total. The Hall–Kier alpha value is -4.13. The summed E-state index contributed by atoms with van der Waals surface area (Å²) in [5.41, 5.74) is 6.77. The van der Waals surface area contributed by atoms with Gasteiger partial charge in [-0.2, -0.15) is 5.10 Å². The number of rotatable bonds is 5. The fourth-order valence-electron chi connectivity index (χ4n) is 4.61. The lowest BCUT2D eigenvalue weighted by molar-refractivity contribution is -0.384. The summed E-state index contributed by atoms with van der Waals surface area (Å²) in [5, 5.41) is 20.4. The van der Waals surface area contributed by atoms with Crippen molar-refractivity contribution in [2.75, 3.05) is 0 Å². The summed E-state index contributed by atoms with van der Waals surface area (Å²) in [6, 6.07) is 11.3. The molecule has 0 saturated heterocycles. The van der Waals surface area contributed by atoms with Gasteiger partial charge in [0, 0.05) is 47.0 Å². The number of nitro benzene ring substituents is 1. The first-order valence-electron chi connectivity index (χ1n) is 11.5. The van der Waals surface area contributed by atoms with E-state index in [1.165, 1.54) is 6.07 Å². The van der Waals surface area contributed by atoms with Crippen molar-refractivity contribution in [2.24, 2.45) is 0 Å². The minimum atomic E-state index is -0.346. The van der Waals surface area contributed by atoms with Crippen LogP contribution in [0.25, 0.3) is 22.0 Å². The molecule has 7 heteroatoms. The lowest BCUT2D eigenvalue weighted by Crippen LogP contribution is -2.12. The van der Waals surface area contributed by atoms with Crippen molar-refractivity contribution in [3.05, 3.63) is 99.7 Å². The number of fused-ring (bicyclic) bond motifs is 3. The summed E-state index contributed by atoms with van der Waals surface area (Å²) in [4.78, 5) is 11.2. The Morgan fingerprint density at radius 3 is 2.88 bits per heavy atom. The lowest BCUT2D eigenvalue weighted by atomic mass is 9.85. The number of ether oxygens (including phenoxy) is 1. The number of dihydropyridines is 1. The molecule has 0 spiro atoms. The van der Waals surface area contributed by atoms with E-state index in [2.05, 4.69) is 43.3 Å². The molecular formula is C27H26N4O3. The second-order valence-electron chi connectivity index (χ2n) is 8.73. The lowest BCUT2D eigenvalue weighted by Gasteiger charge is -2.21. The Morgan fingerprint density at radius 1 is 1.26 bits per heavy atom. The van der Waals surface area contributed by atoms with E-state index in [1.807, 2.05) is 35.3 Å². The van der Waals surface area contributed by atoms with Crippen LogP contribution < -0.4 is 10.1 Å². The molecule has 1 N–H and O–H groups in total. The van der Waals surface area contributed by atoms with Crippen molar-refractivity contribution in [3.8, 4) is 5.75 Å². The first-order chi connectivity index (χ1) is 16.5. The number of aromatic nitrogens is 2. The van der Waals surface area contributed by atoms with Gasteiger partial charge in [-0.3, -0.25) is 14.8 Å². The molecule has 3 aromatic rings. The van der Waals surface area contributed by atoms with Crippen LogP contribution in [0.2, 0.25) is 0 Å². The molecule has 3 heterocycles. The average molecular weight is 455 g/mol. The summed E-state index contributed by atoms with van der Waals surface area (Å²) in [6.07, 6.45) is 11.2. The fourth-order valence-corrected chi connectivity index (χ4v) is 4.61. The molecular weight excluding hydrogens is 428 g/mol. The second kappa shape index (κ2) is 8.67. The molecule has 0 radical (unpaired) electrons. The standard InChI is InChI=1S/C27H26N4O3/c1-4-7-21(18-8-5-9-20(12-18)31(32)33)27-22-10-6-11-28-24(22)16-34-26-14-25-19(13-23(26)27)15-29-30(25)17(2)3/h5-6,8-17,28H,4,7H2,1-3H3/b27-21-. The van der Waals surface area contributed by atoms with Crippen LogP contribution in [0.3, 0.4) is 0 Å². The number of benzene rings is 2. The van der Waals surface area contributed by atoms with Crippen LogP contribution in [0.1, 0.15) is 50.8 Å². The Labute approximate surface area is 197 Å². The van der Waals surface area contributed by atoms with Crippen molar-refractivity contribution in [1.29, 1.82) is 0 Å².